The lowest BCUT2D eigenvalue weighted by Crippen LogP contribution is -2.53. The van der Waals surface area contributed by atoms with Crippen LogP contribution in [-0.4, -0.2) is 62.8 Å². The predicted octanol–water partition coefficient (Wildman–Crippen LogP) is 0.508. The molecule has 1 aliphatic heterocycles. The molecular weight excluding hydrogens is 334 g/mol. The maximum Gasteiger partial charge on any atom is 0.278 e. The molecule has 1 aromatic heterocycles. The first-order chi connectivity index (χ1) is 12.3. The standard InChI is InChI=1S/C18H23N5O3/c1-18(2,3)17(26)22-10-8-21(9-11-22)15(24)12-23-16(25)13-6-4-5-7-14(13)19-20-23/h4-7H,8-12H2,1-3H3. The van der Waals surface area contributed by atoms with Crippen LogP contribution in [0.5, 0.6) is 0 Å². The normalized spacial score (nSPS) is 15.3. The highest BCUT2D eigenvalue weighted by atomic mass is 16.2. The number of hydrogen-bond donors (Lipinski definition) is 0. The molecule has 0 radical (unpaired) electrons. The van der Waals surface area contributed by atoms with Gasteiger partial charge in [-0.2, -0.15) is 0 Å². The van der Waals surface area contributed by atoms with Crippen molar-refractivity contribution in [1.82, 2.24) is 24.8 Å². The van der Waals surface area contributed by atoms with Crippen molar-refractivity contribution in [3.05, 3.63) is 34.6 Å². The van der Waals surface area contributed by atoms with E-state index in [4.69, 9.17) is 0 Å². The average molecular weight is 357 g/mol. The van der Waals surface area contributed by atoms with Gasteiger partial charge in [0, 0.05) is 31.6 Å². The second-order valence-corrected chi connectivity index (χ2v) is 7.49. The number of aromatic nitrogens is 3. The van der Waals surface area contributed by atoms with Gasteiger partial charge in [0.25, 0.3) is 5.56 Å². The number of benzene rings is 1. The summed E-state index contributed by atoms with van der Waals surface area (Å²) in [7, 11) is 0. The lowest BCUT2D eigenvalue weighted by Gasteiger charge is -2.37. The summed E-state index contributed by atoms with van der Waals surface area (Å²) in [4.78, 5) is 40.7. The van der Waals surface area contributed by atoms with Crippen LogP contribution < -0.4 is 5.56 Å². The van der Waals surface area contributed by atoms with Crippen LogP contribution in [-0.2, 0) is 16.1 Å². The molecule has 2 heterocycles. The third kappa shape index (κ3) is 3.58. The van der Waals surface area contributed by atoms with E-state index in [0.29, 0.717) is 37.1 Å². The summed E-state index contributed by atoms with van der Waals surface area (Å²) in [5.41, 5.74) is -0.249. The quantitative estimate of drug-likeness (QED) is 0.781. The molecule has 1 saturated heterocycles. The van der Waals surface area contributed by atoms with E-state index in [-0.39, 0.29) is 23.9 Å². The Balaban J connectivity index is 1.66. The van der Waals surface area contributed by atoms with Crippen LogP contribution in [0.25, 0.3) is 10.9 Å². The summed E-state index contributed by atoms with van der Waals surface area (Å²) in [6.07, 6.45) is 0. The monoisotopic (exact) mass is 357 g/mol. The van der Waals surface area contributed by atoms with E-state index < -0.39 is 5.41 Å². The second-order valence-electron chi connectivity index (χ2n) is 7.49. The summed E-state index contributed by atoms with van der Waals surface area (Å²) in [5, 5.41) is 8.29. The highest BCUT2D eigenvalue weighted by Gasteiger charge is 2.31. The number of carbonyl (C=O) groups excluding carboxylic acids is 2. The van der Waals surface area contributed by atoms with Gasteiger partial charge in [-0.15, -0.1) is 5.10 Å². The molecule has 138 valence electrons. The van der Waals surface area contributed by atoms with Crippen LogP contribution in [0, 0.1) is 5.41 Å². The first kappa shape index (κ1) is 18.0. The van der Waals surface area contributed by atoms with Gasteiger partial charge in [-0.25, -0.2) is 4.68 Å². The minimum absolute atomic E-state index is 0.0845. The highest BCUT2D eigenvalue weighted by molar-refractivity contribution is 5.82. The maximum absolute atomic E-state index is 12.5. The van der Waals surface area contributed by atoms with Crippen LogP contribution in [0.4, 0.5) is 0 Å². The Morgan fingerprint density at radius 1 is 1.04 bits per heavy atom. The maximum atomic E-state index is 12.5. The third-order valence-electron chi connectivity index (χ3n) is 4.48. The van der Waals surface area contributed by atoms with Gasteiger partial charge in [0.2, 0.25) is 11.8 Å². The molecule has 8 heteroatoms. The summed E-state index contributed by atoms with van der Waals surface area (Å²) < 4.78 is 1.09. The molecule has 0 N–H and O–H groups in total. The molecular formula is C18H23N5O3. The molecule has 0 bridgehead atoms. The fourth-order valence-corrected chi connectivity index (χ4v) is 2.99. The molecule has 1 fully saturated rings. The first-order valence-electron chi connectivity index (χ1n) is 8.67. The van der Waals surface area contributed by atoms with E-state index in [2.05, 4.69) is 10.3 Å². The van der Waals surface area contributed by atoms with Gasteiger partial charge in [-0.3, -0.25) is 14.4 Å². The summed E-state index contributed by atoms with van der Waals surface area (Å²) >= 11 is 0. The van der Waals surface area contributed by atoms with Gasteiger partial charge >= 0.3 is 0 Å². The average Bonchev–Trinajstić information content (AvgIpc) is 2.63. The van der Waals surface area contributed by atoms with E-state index in [1.807, 2.05) is 20.8 Å². The zero-order valence-corrected chi connectivity index (χ0v) is 15.3. The molecule has 8 nitrogen and oxygen atoms in total. The van der Waals surface area contributed by atoms with Gasteiger partial charge in [0.15, 0.2) is 0 Å². The Bertz CT molecular complexity index is 892. The molecule has 0 atom stereocenters. The van der Waals surface area contributed by atoms with Crippen molar-refractivity contribution in [1.29, 1.82) is 0 Å². The Kier molecular flexibility index (Phi) is 4.76. The van der Waals surface area contributed by atoms with Crippen LogP contribution in [0.15, 0.2) is 29.1 Å². The zero-order valence-electron chi connectivity index (χ0n) is 15.3. The highest BCUT2D eigenvalue weighted by Crippen LogP contribution is 2.18. The molecule has 0 unspecified atom stereocenters. The van der Waals surface area contributed by atoms with Crippen molar-refractivity contribution in [2.75, 3.05) is 26.2 Å². The molecule has 26 heavy (non-hydrogen) atoms. The fraction of sp³-hybridized carbons (Fsp3) is 0.500. The van der Waals surface area contributed by atoms with Gasteiger partial charge in [-0.05, 0) is 12.1 Å². The van der Waals surface area contributed by atoms with Crippen LogP contribution >= 0.6 is 0 Å². The molecule has 3 rings (SSSR count). The van der Waals surface area contributed by atoms with Crippen molar-refractivity contribution >= 4 is 22.7 Å². The lowest BCUT2D eigenvalue weighted by molar-refractivity contribution is -0.145. The number of rotatable bonds is 2. The Morgan fingerprint density at radius 3 is 2.31 bits per heavy atom. The minimum atomic E-state index is -0.430. The van der Waals surface area contributed by atoms with Crippen LogP contribution in [0.3, 0.4) is 0 Å². The Labute approximate surface area is 151 Å². The zero-order chi connectivity index (χ0) is 18.9. The second kappa shape index (κ2) is 6.86. The van der Waals surface area contributed by atoms with Crippen LogP contribution in [0.2, 0.25) is 0 Å². The number of piperazine rings is 1. The first-order valence-corrected chi connectivity index (χ1v) is 8.67. The molecule has 1 aromatic carbocycles. The topological polar surface area (TPSA) is 88.4 Å². The van der Waals surface area contributed by atoms with E-state index in [1.54, 1.807) is 34.1 Å². The number of amides is 2. The van der Waals surface area contributed by atoms with Gasteiger partial charge in [-0.1, -0.05) is 38.1 Å². The number of hydrogen-bond acceptors (Lipinski definition) is 5. The molecule has 0 saturated carbocycles. The molecule has 2 amide bonds. The van der Waals surface area contributed by atoms with Crippen molar-refractivity contribution in [3.63, 3.8) is 0 Å². The largest absolute Gasteiger partial charge is 0.339 e. The van der Waals surface area contributed by atoms with Crippen molar-refractivity contribution in [3.8, 4) is 0 Å². The number of carbonyl (C=O) groups is 2. The molecule has 2 aromatic rings. The Morgan fingerprint density at radius 2 is 1.65 bits per heavy atom. The fourth-order valence-electron chi connectivity index (χ4n) is 2.99. The van der Waals surface area contributed by atoms with E-state index >= 15 is 0 Å². The Hall–Kier alpha value is -2.77. The SMILES string of the molecule is CC(C)(C)C(=O)N1CCN(C(=O)Cn2nnc3ccccc3c2=O)CC1. The van der Waals surface area contributed by atoms with Crippen molar-refractivity contribution in [2.24, 2.45) is 5.41 Å². The number of fused-ring (bicyclic) bond motifs is 1. The van der Waals surface area contributed by atoms with Gasteiger partial charge < -0.3 is 9.80 Å². The predicted molar refractivity (Wildman–Crippen MR) is 96.4 cm³/mol. The molecule has 0 spiro atoms. The van der Waals surface area contributed by atoms with E-state index in [9.17, 15) is 14.4 Å². The van der Waals surface area contributed by atoms with Crippen molar-refractivity contribution < 1.29 is 9.59 Å². The summed E-state index contributed by atoms with van der Waals surface area (Å²) in [6.45, 7) is 7.42. The van der Waals surface area contributed by atoms with Gasteiger partial charge in [0.1, 0.15) is 12.1 Å². The van der Waals surface area contributed by atoms with Crippen LogP contribution in [0.1, 0.15) is 20.8 Å². The smallest absolute Gasteiger partial charge is 0.278 e. The minimum Gasteiger partial charge on any atom is -0.339 e. The van der Waals surface area contributed by atoms with E-state index in [1.165, 1.54) is 0 Å². The third-order valence-corrected chi connectivity index (χ3v) is 4.48. The van der Waals surface area contributed by atoms with E-state index in [0.717, 1.165) is 4.68 Å². The summed E-state index contributed by atoms with van der Waals surface area (Å²) in [5.74, 6) is -0.110. The van der Waals surface area contributed by atoms with Gasteiger partial charge in [0.05, 0.1) is 5.39 Å². The molecule has 1 aliphatic rings. The molecule has 0 aliphatic carbocycles. The number of nitrogens with zero attached hydrogens (tertiary/aromatic N) is 5. The lowest BCUT2D eigenvalue weighted by atomic mass is 9.94. The van der Waals surface area contributed by atoms with Crippen molar-refractivity contribution in [2.45, 2.75) is 27.3 Å². The summed E-state index contributed by atoms with van der Waals surface area (Å²) in [6, 6.07) is 6.92.